The van der Waals surface area contributed by atoms with E-state index in [0.717, 1.165) is 6.07 Å². The number of hydrogen-bond acceptors (Lipinski definition) is 2. The first-order chi connectivity index (χ1) is 6.54. The lowest BCUT2D eigenvalue weighted by atomic mass is 10.2. The van der Waals surface area contributed by atoms with E-state index in [-0.39, 0.29) is 12.1 Å². The van der Waals surface area contributed by atoms with Gasteiger partial charge < -0.3 is 10.5 Å². The maximum atomic E-state index is 12.9. The largest absolute Gasteiger partial charge is 0.431 e. The first-order valence-corrected chi connectivity index (χ1v) is 3.67. The highest BCUT2D eigenvalue weighted by atomic mass is 19.3. The van der Waals surface area contributed by atoms with Gasteiger partial charge in [-0.25, -0.2) is 8.78 Å². The third-order valence-electron chi connectivity index (χ3n) is 1.51. The smallest absolute Gasteiger partial charge is 0.387 e. The Kier molecular flexibility index (Phi) is 3.29. The van der Waals surface area contributed by atoms with Gasteiger partial charge in [-0.2, -0.15) is 8.78 Å². The van der Waals surface area contributed by atoms with Crippen molar-refractivity contribution in [2.45, 2.75) is 13.2 Å². The van der Waals surface area contributed by atoms with E-state index >= 15 is 0 Å². The van der Waals surface area contributed by atoms with E-state index in [1.807, 2.05) is 0 Å². The quantitative estimate of drug-likeness (QED) is 0.773. The SMILES string of the molecule is NCc1cc(F)cc(F)c1OC(F)F. The molecule has 1 rings (SSSR count). The van der Waals surface area contributed by atoms with Crippen LogP contribution in [0.2, 0.25) is 0 Å². The van der Waals surface area contributed by atoms with Crippen molar-refractivity contribution >= 4 is 0 Å². The predicted molar refractivity (Wildman–Crippen MR) is 40.9 cm³/mol. The normalized spacial score (nSPS) is 10.7. The van der Waals surface area contributed by atoms with Gasteiger partial charge in [-0.1, -0.05) is 0 Å². The van der Waals surface area contributed by atoms with E-state index in [0.29, 0.717) is 6.07 Å². The number of rotatable bonds is 3. The van der Waals surface area contributed by atoms with Crippen LogP contribution in [0.25, 0.3) is 0 Å². The lowest BCUT2D eigenvalue weighted by Crippen LogP contribution is -2.09. The van der Waals surface area contributed by atoms with Crippen LogP contribution in [-0.4, -0.2) is 6.61 Å². The van der Waals surface area contributed by atoms with Gasteiger partial charge in [0.05, 0.1) is 0 Å². The summed E-state index contributed by atoms with van der Waals surface area (Å²) in [6.07, 6.45) is 0. The Balaban J connectivity index is 3.11. The van der Waals surface area contributed by atoms with Crippen molar-refractivity contribution in [3.63, 3.8) is 0 Å². The van der Waals surface area contributed by atoms with Crippen molar-refractivity contribution in [2.75, 3.05) is 0 Å². The van der Waals surface area contributed by atoms with Crippen LogP contribution >= 0.6 is 0 Å². The summed E-state index contributed by atoms with van der Waals surface area (Å²) < 4.78 is 53.0. The first kappa shape index (κ1) is 10.8. The van der Waals surface area contributed by atoms with Gasteiger partial charge in [-0.05, 0) is 6.07 Å². The van der Waals surface area contributed by atoms with Gasteiger partial charge in [0.15, 0.2) is 11.6 Å². The van der Waals surface area contributed by atoms with E-state index in [2.05, 4.69) is 4.74 Å². The molecule has 0 amide bonds. The fourth-order valence-corrected chi connectivity index (χ4v) is 0.986. The van der Waals surface area contributed by atoms with Gasteiger partial charge in [0.1, 0.15) is 5.82 Å². The second kappa shape index (κ2) is 4.28. The second-order valence-corrected chi connectivity index (χ2v) is 2.46. The maximum absolute atomic E-state index is 12.9. The number of nitrogens with two attached hydrogens (primary N) is 1. The lowest BCUT2D eigenvalue weighted by molar-refractivity contribution is -0.0528. The van der Waals surface area contributed by atoms with Crippen LogP contribution in [-0.2, 0) is 6.54 Å². The molecular weight excluding hydrogens is 202 g/mol. The highest BCUT2D eigenvalue weighted by molar-refractivity contribution is 5.35. The van der Waals surface area contributed by atoms with Crippen molar-refractivity contribution in [1.82, 2.24) is 0 Å². The molecule has 0 aliphatic carbocycles. The van der Waals surface area contributed by atoms with Gasteiger partial charge in [0.2, 0.25) is 0 Å². The summed E-state index contributed by atoms with van der Waals surface area (Å²) in [5.41, 5.74) is 4.97. The molecule has 0 aliphatic heterocycles. The Morgan fingerprint density at radius 2 is 1.93 bits per heavy atom. The Morgan fingerprint density at radius 3 is 2.43 bits per heavy atom. The van der Waals surface area contributed by atoms with Crippen LogP contribution in [0.3, 0.4) is 0 Å². The molecule has 0 aromatic heterocycles. The zero-order chi connectivity index (χ0) is 10.7. The standard InChI is InChI=1S/C8H7F4NO/c9-5-1-4(3-13)7(6(10)2-5)14-8(11)12/h1-2,8H,3,13H2. The molecule has 0 unspecified atom stereocenters. The highest BCUT2D eigenvalue weighted by Crippen LogP contribution is 2.25. The number of hydrogen-bond donors (Lipinski definition) is 1. The molecule has 0 saturated carbocycles. The van der Waals surface area contributed by atoms with Gasteiger partial charge in [0.25, 0.3) is 0 Å². The van der Waals surface area contributed by atoms with Crippen LogP contribution in [0.1, 0.15) is 5.56 Å². The van der Waals surface area contributed by atoms with Gasteiger partial charge in [0, 0.05) is 18.2 Å². The van der Waals surface area contributed by atoms with Gasteiger partial charge in [-0.15, -0.1) is 0 Å². The van der Waals surface area contributed by atoms with Crippen LogP contribution < -0.4 is 10.5 Å². The van der Waals surface area contributed by atoms with Crippen LogP contribution in [0.4, 0.5) is 17.6 Å². The molecule has 6 heteroatoms. The molecule has 14 heavy (non-hydrogen) atoms. The lowest BCUT2D eigenvalue weighted by Gasteiger charge is -2.10. The minimum absolute atomic E-state index is 0.136. The molecule has 1 aromatic rings. The summed E-state index contributed by atoms with van der Waals surface area (Å²) in [6, 6.07) is 1.30. The van der Waals surface area contributed by atoms with Crippen LogP contribution in [0.15, 0.2) is 12.1 Å². The Bertz CT molecular complexity index is 329. The van der Waals surface area contributed by atoms with E-state index < -0.39 is 24.0 Å². The Labute approximate surface area is 77.3 Å². The van der Waals surface area contributed by atoms with Crippen LogP contribution in [0, 0.1) is 11.6 Å². The van der Waals surface area contributed by atoms with E-state index in [1.165, 1.54) is 0 Å². The molecule has 0 aliphatic rings. The molecule has 1 aromatic carbocycles. The third kappa shape index (κ3) is 2.35. The minimum atomic E-state index is -3.17. The average molecular weight is 209 g/mol. The fraction of sp³-hybridized carbons (Fsp3) is 0.250. The molecule has 0 atom stereocenters. The summed E-state index contributed by atoms with van der Waals surface area (Å²) >= 11 is 0. The van der Waals surface area contributed by atoms with Crippen molar-refractivity contribution in [2.24, 2.45) is 5.73 Å². The molecule has 0 spiro atoms. The maximum Gasteiger partial charge on any atom is 0.387 e. The first-order valence-electron chi connectivity index (χ1n) is 3.67. The summed E-state index contributed by atoms with van der Waals surface area (Å²) in [5, 5.41) is 0. The van der Waals surface area contributed by atoms with Gasteiger partial charge in [-0.3, -0.25) is 0 Å². The Hall–Kier alpha value is -1.30. The predicted octanol–water partition coefficient (Wildman–Crippen LogP) is 2.02. The molecule has 0 heterocycles. The molecule has 2 nitrogen and oxygen atoms in total. The molecule has 2 N–H and O–H groups in total. The number of halogens is 4. The zero-order valence-corrected chi connectivity index (χ0v) is 6.94. The molecule has 0 bridgehead atoms. The average Bonchev–Trinajstić information content (AvgIpc) is 2.08. The summed E-state index contributed by atoms with van der Waals surface area (Å²) in [4.78, 5) is 0. The van der Waals surface area contributed by atoms with Crippen molar-refractivity contribution in [3.8, 4) is 5.75 Å². The summed E-state index contributed by atoms with van der Waals surface area (Å²) in [7, 11) is 0. The van der Waals surface area contributed by atoms with Crippen molar-refractivity contribution in [3.05, 3.63) is 29.3 Å². The summed E-state index contributed by atoms with van der Waals surface area (Å²) in [6.45, 7) is -3.45. The van der Waals surface area contributed by atoms with E-state index in [4.69, 9.17) is 5.73 Å². The number of alkyl halides is 2. The van der Waals surface area contributed by atoms with Gasteiger partial charge >= 0.3 is 6.61 Å². The topological polar surface area (TPSA) is 35.2 Å². The number of benzene rings is 1. The molecular formula is C8H7F4NO. The molecule has 78 valence electrons. The summed E-state index contributed by atoms with van der Waals surface area (Å²) in [5.74, 6) is -2.78. The zero-order valence-electron chi connectivity index (χ0n) is 6.94. The fourth-order valence-electron chi connectivity index (χ4n) is 0.986. The molecule has 0 fully saturated rings. The van der Waals surface area contributed by atoms with Crippen molar-refractivity contribution < 1.29 is 22.3 Å². The van der Waals surface area contributed by atoms with Crippen LogP contribution in [0.5, 0.6) is 5.75 Å². The van der Waals surface area contributed by atoms with E-state index in [1.54, 1.807) is 0 Å². The highest BCUT2D eigenvalue weighted by Gasteiger charge is 2.15. The molecule has 0 saturated heterocycles. The number of ether oxygens (including phenoxy) is 1. The Morgan fingerprint density at radius 1 is 1.29 bits per heavy atom. The van der Waals surface area contributed by atoms with E-state index in [9.17, 15) is 17.6 Å². The molecule has 0 radical (unpaired) electrons. The third-order valence-corrected chi connectivity index (χ3v) is 1.51. The van der Waals surface area contributed by atoms with Crippen molar-refractivity contribution in [1.29, 1.82) is 0 Å². The monoisotopic (exact) mass is 209 g/mol. The minimum Gasteiger partial charge on any atom is -0.431 e. The second-order valence-electron chi connectivity index (χ2n) is 2.46.